The van der Waals surface area contributed by atoms with Gasteiger partial charge in [0.15, 0.2) is 5.78 Å². The average Bonchev–Trinajstić information content (AvgIpc) is 2.64. The number of Topliss-reactive ketones (excluding diaryl/α,β-unsaturated/α-hetero) is 1. The lowest BCUT2D eigenvalue weighted by Gasteiger charge is -2.36. The molecule has 1 fully saturated rings. The summed E-state index contributed by atoms with van der Waals surface area (Å²) in [6.07, 6.45) is 0. The van der Waals surface area contributed by atoms with Gasteiger partial charge in [0.1, 0.15) is 0 Å². The van der Waals surface area contributed by atoms with Gasteiger partial charge in [-0.05, 0) is 59.7 Å². The summed E-state index contributed by atoms with van der Waals surface area (Å²) >= 11 is 2.09. The summed E-state index contributed by atoms with van der Waals surface area (Å²) in [5.41, 5.74) is 13.6. The standard InChI is InChI=1S/C20H22IN5O/c1-14-3-6-19(15(2)11-14)26-9-7-25(8-10-26)13-20(27)16-4-5-18(23-24-22)17(21)12-16/h3-6,11-12H,7-10,13H2,1-2H3. The van der Waals surface area contributed by atoms with Crippen LogP contribution in [-0.2, 0) is 0 Å². The molecule has 140 valence electrons. The maximum Gasteiger partial charge on any atom is 0.176 e. The molecule has 0 radical (unpaired) electrons. The normalized spacial score (nSPS) is 14.7. The number of halogens is 1. The Kier molecular flexibility index (Phi) is 6.36. The van der Waals surface area contributed by atoms with E-state index in [4.69, 9.17) is 5.53 Å². The van der Waals surface area contributed by atoms with E-state index < -0.39 is 0 Å². The second-order valence-corrected chi connectivity index (χ2v) is 7.99. The molecule has 0 aromatic heterocycles. The third-order valence-corrected chi connectivity index (χ3v) is 5.72. The highest BCUT2D eigenvalue weighted by Gasteiger charge is 2.21. The molecule has 1 heterocycles. The number of hydrogen-bond acceptors (Lipinski definition) is 4. The number of piperazine rings is 1. The molecule has 6 nitrogen and oxygen atoms in total. The van der Waals surface area contributed by atoms with Crippen molar-refractivity contribution >= 4 is 39.7 Å². The molecule has 1 saturated heterocycles. The summed E-state index contributed by atoms with van der Waals surface area (Å²) in [5, 5.41) is 3.62. The summed E-state index contributed by atoms with van der Waals surface area (Å²) in [6, 6.07) is 11.8. The highest BCUT2D eigenvalue weighted by Crippen LogP contribution is 2.24. The SMILES string of the molecule is Cc1ccc(N2CCN(CC(=O)c3ccc(N=[N+]=[N-])c(I)c3)CC2)c(C)c1. The molecule has 0 aliphatic carbocycles. The molecule has 27 heavy (non-hydrogen) atoms. The molecule has 1 aliphatic heterocycles. The number of rotatable bonds is 5. The van der Waals surface area contributed by atoms with Crippen molar-refractivity contribution in [1.82, 2.24) is 4.90 Å². The first-order valence-corrected chi connectivity index (χ1v) is 9.98. The van der Waals surface area contributed by atoms with Gasteiger partial charge in [-0.15, -0.1) is 0 Å². The number of azide groups is 1. The van der Waals surface area contributed by atoms with Gasteiger partial charge in [0.25, 0.3) is 0 Å². The van der Waals surface area contributed by atoms with Crippen molar-refractivity contribution in [3.8, 4) is 0 Å². The molecule has 2 aromatic carbocycles. The summed E-state index contributed by atoms with van der Waals surface area (Å²) < 4.78 is 0.788. The molecule has 7 heteroatoms. The topological polar surface area (TPSA) is 72.3 Å². The van der Waals surface area contributed by atoms with Gasteiger partial charge < -0.3 is 4.90 Å². The number of anilines is 1. The van der Waals surface area contributed by atoms with E-state index in [9.17, 15) is 4.79 Å². The smallest absolute Gasteiger partial charge is 0.176 e. The molecular formula is C20H22IN5O. The van der Waals surface area contributed by atoms with Crippen LogP contribution >= 0.6 is 22.6 Å². The van der Waals surface area contributed by atoms with E-state index in [1.807, 2.05) is 0 Å². The summed E-state index contributed by atoms with van der Waals surface area (Å²) in [6.45, 7) is 8.26. The van der Waals surface area contributed by atoms with E-state index >= 15 is 0 Å². The quantitative estimate of drug-likeness (QED) is 0.204. The maximum absolute atomic E-state index is 12.6. The van der Waals surface area contributed by atoms with Gasteiger partial charge in [0.2, 0.25) is 0 Å². The Morgan fingerprint density at radius 1 is 1.15 bits per heavy atom. The number of nitrogens with zero attached hydrogens (tertiary/aromatic N) is 5. The molecule has 0 spiro atoms. The van der Waals surface area contributed by atoms with Gasteiger partial charge in [0, 0.05) is 45.9 Å². The van der Waals surface area contributed by atoms with Crippen molar-refractivity contribution in [1.29, 1.82) is 0 Å². The molecule has 0 bridgehead atoms. The molecule has 0 N–H and O–H groups in total. The minimum Gasteiger partial charge on any atom is -0.369 e. The number of benzene rings is 2. The monoisotopic (exact) mass is 475 g/mol. The lowest BCUT2D eigenvalue weighted by molar-refractivity contribution is 0.0926. The van der Waals surface area contributed by atoms with E-state index in [1.165, 1.54) is 16.8 Å². The highest BCUT2D eigenvalue weighted by molar-refractivity contribution is 14.1. The van der Waals surface area contributed by atoms with Crippen LogP contribution in [0.15, 0.2) is 41.5 Å². The Balaban J connectivity index is 1.59. The largest absolute Gasteiger partial charge is 0.369 e. The average molecular weight is 475 g/mol. The fourth-order valence-electron chi connectivity index (χ4n) is 3.41. The summed E-state index contributed by atoms with van der Waals surface area (Å²) in [4.78, 5) is 20.0. The number of carbonyl (C=O) groups excluding carboxylic acids is 1. The zero-order valence-corrected chi connectivity index (χ0v) is 17.7. The Morgan fingerprint density at radius 2 is 1.89 bits per heavy atom. The molecule has 0 amide bonds. The number of ketones is 1. The maximum atomic E-state index is 12.6. The van der Waals surface area contributed by atoms with Crippen molar-refractivity contribution in [2.24, 2.45) is 5.11 Å². The Bertz CT molecular complexity index is 899. The van der Waals surface area contributed by atoms with Crippen LogP contribution in [0.1, 0.15) is 21.5 Å². The van der Waals surface area contributed by atoms with Gasteiger partial charge in [-0.3, -0.25) is 9.69 Å². The molecule has 0 unspecified atom stereocenters. The number of carbonyl (C=O) groups is 1. The Labute approximate surface area is 172 Å². The fourth-order valence-corrected chi connectivity index (χ4v) is 4.03. The van der Waals surface area contributed by atoms with Gasteiger partial charge in [0.05, 0.1) is 12.2 Å². The zero-order valence-electron chi connectivity index (χ0n) is 15.5. The predicted octanol–water partition coefficient (Wildman–Crippen LogP) is 4.85. The van der Waals surface area contributed by atoms with Crippen LogP contribution in [0, 0.1) is 17.4 Å². The lowest BCUT2D eigenvalue weighted by atomic mass is 10.1. The first kappa shape index (κ1) is 19.7. The van der Waals surface area contributed by atoms with Crippen LogP contribution in [0.25, 0.3) is 10.4 Å². The van der Waals surface area contributed by atoms with Crippen LogP contribution in [0.5, 0.6) is 0 Å². The van der Waals surface area contributed by atoms with Gasteiger partial charge in [-0.1, -0.05) is 34.9 Å². The van der Waals surface area contributed by atoms with Crippen LogP contribution < -0.4 is 4.90 Å². The van der Waals surface area contributed by atoms with Crippen LogP contribution in [0.3, 0.4) is 0 Å². The fraction of sp³-hybridized carbons (Fsp3) is 0.350. The Hall–Kier alpha value is -2.09. The minimum absolute atomic E-state index is 0.0976. The van der Waals surface area contributed by atoms with E-state index in [0.717, 1.165) is 29.7 Å². The highest BCUT2D eigenvalue weighted by atomic mass is 127. The van der Waals surface area contributed by atoms with Gasteiger partial charge >= 0.3 is 0 Å². The van der Waals surface area contributed by atoms with Crippen molar-refractivity contribution in [2.45, 2.75) is 13.8 Å². The number of hydrogen-bond donors (Lipinski definition) is 0. The molecule has 2 aromatic rings. The van der Waals surface area contributed by atoms with E-state index in [2.05, 4.69) is 74.5 Å². The first-order chi connectivity index (χ1) is 13.0. The minimum atomic E-state index is 0.0976. The van der Waals surface area contributed by atoms with Crippen molar-refractivity contribution in [3.05, 3.63) is 67.1 Å². The van der Waals surface area contributed by atoms with E-state index in [-0.39, 0.29) is 5.78 Å². The van der Waals surface area contributed by atoms with Gasteiger partial charge in [-0.2, -0.15) is 0 Å². The summed E-state index contributed by atoms with van der Waals surface area (Å²) in [5.74, 6) is 0.0976. The zero-order chi connectivity index (χ0) is 19.4. The van der Waals surface area contributed by atoms with E-state index in [0.29, 0.717) is 17.8 Å². The van der Waals surface area contributed by atoms with Crippen LogP contribution in [0.4, 0.5) is 11.4 Å². The third-order valence-electron chi connectivity index (χ3n) is 4.85. The molecular weight excluding hydrogens is 453 g/mol. The van der Waals surface area contributed by atoms with Crippen LogP contribution in [0.2, 0.25) is 0 Å². The molecule has 0 saturated carbocycles. The number of aryl methyl sites for hydroxylation is 2. The van der Waals surface area contributed by atoms with Crippen molar-refractivity contribution in [3.63, 3.8) is 0 Å². The Morgan fingerprint density at radius 3 is 2.52 bits per heavy atom. The summed E-state index contributed by atoms with van der Waals surface area (Å²) in [7, 11) is 0. The first-order valence-electron chi connectivity index (χ1n) is 8.90. The van der Waals surface area contributed by atoms with Crippen LogP contribution in [-0.4, -0.2) is 43.4 Å². The molecule has 3 rings (SSSR count). The van der Waals surface area contributed by atoms with Crippen molar-refractivity contribution in [2.75, 3.05) is 37.6 Å². The van der Waals surface area contributed by atoms with Crippen molar-refractivity contribution < 1.29 is 4.79 Å². The van der Waals surface area contributed by atoms with E-state index in [1.54, 1.807) is 18.2 Å². The third kappa shape index (κ3) is 4.80. The molecule has 0 atom stereocenters. The second kappa shape index (κ2) is 8.73. The predicted molar refractivity (Wildman–Crippen MR) is 117 cm³/mol. The lowest BCUT2D eigenvalue weighted by Crippen LogP contribution is -2.48. The van der Waals surface area contributed by atoms with Gasteiger partial charge in [-0.25, -0.2) is 0 Å². The second-order valence-electron chi connectivity index (χ2n) is 6.83. The molecule has 1 aliphatic rings.